The highest BCUT2D eigenvalue weighted by atomic mass is 35.5. The van der Waals surface area contributed by atoms with E-state index in [2.05, 4.69) is 4.99 Å². The first-order valence-electron chi connectivity index (χ1n) is 8.67. The molecule has 0 aliphatic rings. The summed E-state index contributed by atoms with van der Waals surface area (Å²) in [5.41, 5.74) is 5.38. The molecule has 0 amide bonds. The van der Waals surface area contributed by atoms with Crippen molar-refractivity contribution in [1.29, 1.82) is 0 Å². The Labute approximate surface area is 190 Å². The molecule has 31 heavy (non-hydrogen) atoms. The second-order valence-corrected chi connectivity index (χ2v) is 11.4. The predicted octanol–water partition coefficient (Wildman–Crippen LogP) is 6.04. The van der Waals surface area contributed by atoms with Crippen molar-refractivity contribution in [3.8, 4) is 10.4 Å². The van der Waals surface area contributed by atoms with E-state index in [4.69, 9.17) is 17.3 Å². The van der Waals surface area contributed by atoms with Crippen LogP contribution in [0.3, 0.4) is 0 Å². The van der Waals surface area contributed by atoms with Crippen molar-refractivity contribution in [3.63, 3.8) is 0 Å². The number of aliphatic imine (C=N–C) groups is 1. The Bertz CT molecular complexity index is 1260. The van der Waals surface area contributed by atoms with Crippen molar-refractivity contribution in [2.45, 2.75) is 17.6 Å². The molecular weight excluding hydrogens is 489 g/mol. The summed E-state index contributed by atoms with van der Waals surface area (Å²) in [6.45, 7) is -0.163. The molecule has 2 N–H and O–H groups in total. The number of sulfone groups is 1. The highest BCUT2D eigenvalue weighted by Crippen LogP contribution is 2.32. The second kappa shape index (κ2) is 9.15. The number of halogens is 4. The molecule has 1 aromatic carbocycles. The van der Waals surface area contributed by atoms with Gasteiger partial charge >= 0.3 is 6.18 Å². The zero-order chi connectivity index (χ0) is 22.8. The van der Waals surface area contributed by atoms with Crippen LogP contribution in [-0.2, 0) is 16.4 Å². The fourth-order valence-electron chi connectivity index (χ4n) is 2.56. The van der Waals surface area contributed by atoms with Crippen molar-refractivity contribution in [1.82, 2.24) is 0 Å². The van der Waals surface area contributed by atoms with Gasteiger partial charge in [0.05, 0.1) is 26.4 Å². The first kappa shape index (κ1) is 23.5. The lowest BCUT2D eigenvalue weighted by atomic mass is 10.2. The summed E-state index contributed by atoms with van der Waals surface area (Å²) in [5.74, 6) is 0. The molecule has 11 heteroatoms. The Morgan fingerprint density at radius 1 is 1.16 bits per heavy atom. The smallest absolute Gasteiger partial charge is 0.398 e. The Kier molecular flexibility index (Phi) is 6.95. The van der Waals surface area contributed by atoms with E-state index in [1.165, 1.54) is 12.1 Å². The number of rotatable bonds is 6. The first-order chi connectivity index (χ1) is 14.4. The molecule has 4 nitrogen and oxygen atoms in total. The molecule has 0 bridgehead atoms. The van der Waals surface area contributed by atoms with Gasteiger partial charge in [0.2, 0.25) is 0 Å². The normalized spacial score (nSPS) is 13.6. The highest BCUT2D eigenvalue weighted by molar-refractivity contribution is 7.90. The Morgan fingerprint density at radius 2 is 1.90 bits per heavy atom. The molecule has 0 radical (unpaired) electrons. The molecule has 3 rings (SSSR count). The van der Waals surface area contributed by atoms with Gasteiger partial charge in [-0.05, 0) is 48.0 Å². The van der Waals surface area contributed by atoms with Gasteiger partial charge < -0.3 is 5.73 Å². The standard InChI is InChI=1S/C20H16ClF3N2O2S3/c1-31(27,28)14-4-2-3-12(9-14)16-6-7-17(30-16)15(25)10-18(20(22,23)24)26-11-13-5-8-19(21)29-13/h2-10H,11,25H2,1H3. The fraction of sp³-hybridized carbons (Fsp3) is 0.150. The van der Waals surface area contributed by atoms with Crippen LogP contribution in [0.5, 0.6) is 0 Å². The number of hydrogen-bond acceptors (Lipinski definition) is 6. The van der Waals surface area contributed by atoms with E-state index >= 15 is 0 Å². The van der Waals surface area contributed by atoms with E-state index in [0.717, 1.165) is 35.0 Å². The van der Waals surface area contributed by atoms with Gasteiger partial charge in [-0.2, -0.15) is 13.2 Å². The minimum absolute atomic E-state index is 0.0872. The molecule has 0 spiro atoms. The van der Waals surface area contributed by atoms with Crippen molar-refractivity contribution < 1.29 is 21.6 Å². The van der Waals surface area contributed by atoms with E-state index in [-0.39, 0.29) is 17.1 Å². The molecule has 0 saturated carbocycles. The van der Waals surface area contributed by atoms with Crippen LogP contribution in [0.4, 0.5) is 13.2 Å². The lowest BCUT2D eigenvalue weighted by molar-refractivity contribution is -0.0579. The van der Waals surface area contributed by atoms with Gasteiger partial charge in [-0.25, -0.2) is 8.42 Å². The number of nitrogens with zero attached hydrogens (tertiary/aromatic N) is 1. The fourth-order valence-corrected chi connectivity index (χ4v) is 5.17. The average molecular weight is 505 g/mol. The van der Waals surface area contributed by atoms with Gasteiger partial charge in [0.15, 0.2) is 9.84 Å². The molecule has 2 heterocycles. The molecule has 0 unspecified atom stereocenters. The molecule has 0 aliphatic carbocycles. The molecule has 0 aliphatic heterocycles. The van der Waals surface area contributed by atoms with Crippen LogP contribution in [0, 0.1) is 0 Å². The first-order valence-corrected chi connectivity index (χ1v) is 12.6. The molecule has 0 saturated heterocycles. The molecule has 164 valence electrons. The third kappa shape index (κ3) is 6.19. The Balaban J connectivity index is 1.89. The molecule has 0 fully saturated rings. The van der Waals surface area contributed by atoms with Crippen LogP contribution in [0.15, 0.2) is 64.5 Å². The van der Waals surface area contributed by atoms with Crippen molar-refractivity contribution in [3.05, 3.63) is 68.7 Å². The Morgan fingerprint density at radius 3 is 2.52 bits per heavy atom. The predicted molar refractivity (Wildman–Crippen MR) is 122 cm³/mol. The topological polar surface area (TPSA) is 72.5 Å². The lowest BCUT2D eigenvalue weighted by Crippen LogP contribution is -2.22. The maximum Gasteiger partial charge on any atom is 0.432 e. The van der Waals surface area contributed by atoms with Gasteiger partial charge in [-0.1, -0.05) is 23.7 Å². The van der Waals surface area contributed by atoms with Crippen molar-refractivity contribution in [2.75, 3.05) is 6.26 Å². The van der Waals surface area contributed by atoms with Crippen LogP contribution in [0.25, 0.3) is 16.1 Å². The summed E-state index contributed by atoms with van der Waals surface area (Å²) in [6.07, 6.45) is -2.76. The summed E-state index contributed by atoms with van der Waals surface area (Å²) in [4.78, 5) is 5.52. The summed E-state index contributed by atoms with van der Waals surface area (Å²) in [6, 6.07) is 12.8. The van der Waals surface area contributed by atoms with Crippen molar-refractivity contribution >= 4 is 55.5 Å². The Hall–Kier alpha value is -2.14. The minimum atomic E-state index is -4.67. The number of benzene rings is 1. The third-order valence-corrected chi connectivity index (χ3v) is 7.56. The highest BCUT2D eigenvalue weighted by Gasteiger charge is 2.34. The van der Waals surface area contributed by atoms with Crippen LogP contribution in [0.2, 0.25) is 4.34 Å². The van der Waals surface area contributed by atoms with Gasteiger partial charge in [0, 0.05) is 16.0 Å². The quantitative estimate of drug-likeness (QED) is 0.416. The van der Waals surface area contributed by atoms with Crippen LogP contribution >= 0.6 is 34.3 Å². The van der Waals surface area contributed by atoms with Gasteiger partial charge in [0.1, 0.15) is 5.71 Å². The van der Waals surface area contributed by atoms with Crippen molar-refractivity contribution in [2.24, 2.45) is 10.7 Å². The molecular formula is C20H16ClF3N2O2S3. The zero-order valence-corrected chi connectivity index (χ0v) is 19.2. The van der Waals surface area contributed by atoms with Crippen LogP contribution < -0.4 is 5.73 Å². The van der Waals surface area contributed by atoms with Gasteiger partial charge in [-0.15, -0.1) is 22.7 Å². The SMILES string of the molecule is CS(=O)(=O)c1cccc(-c2ccc(C(N)=CC(=NCc3ccc(Cl)s3)C(F)(F)F)s2)c1. The van der Waals surface area contributed by atoms with Gasteiger partial charge in [0.25, 0.3) is 0 Å². The molecule has 2 aromatic heterocycles. The number of alkyl halides is 3. The minimum Gasteiger partial charge on any atom is -0.398 e. The molecule has 0 atom stereocenters. The summed E-state index contributed by atoms with van der Waals surface area (Å²) in [7, 11) is -3.38. The number of nitrogens with two attached hydrogens (primary N) is 1. The van der Waals surface area contributed by atoms with E-state index in [9.17, 15) is 21.6 Å². The van der Waals surface area contributed by atoms with E-state index in [1.807, 2.05) is 0 Å². The summed E-state index contributed by atoms with van der Waals surface area (Å²) in [5, 5.41) is 0. The number of allylic oxidation sites excluding steroid dienone is 1. The molecule has 3 aromatic rings. The third-order valence-electron chi connectivity index (χ3n) is 4.05. The van der Waals surface area contributed by atoms with Crippen LogP contribution in [-0.4, -0.2) is 26.6 Å². The summed E-state index contributed by atoms with van der Waals surface area (Å²) >= 11 is 8.12. The lowest BCUT2D eigenvalue weighted by Gasteiger charge is -2.08. The largest absolute Gasteiger partial charge is 0.432 e. The van der Waals surface area contributed by atoms with E-state index in [1.54, 1.807) is 36.4 Å². The number of hydrogen-bond donors (Lipinski definition) is 1. The average Bonchev–Trinajstić information content (AvgIpc) is 3.33. The van der Waals surface area contributed by atoms with E-state index < -0.39 is 21.7 Å². The number of thiophene rings is 2. The summed E-state index contributed by atoms with van der Waals surface area (Å²) < 4.78 is 64.3. The zero-order valence-electron chi connectivity index (χ0n) is 16.0. The second-order valence-electron chi connectivity index (χ2n) is 6.47. The maximum absolute atomic E-state index is 13.4. The maximum atomic E-state index is 13.4. The van der Waals surface area contributed by atoms with Crippen LogP contribution in [0.1, 0.15) is 9.75 Å². The van der Waals surface area contributed by atoms with E-state index in [0.29, 0.717) is 24.5 Å². The monoisotopic (exact) mass is 504 g/mol. The van der Waals surface area contributed by atoms with Gasteiger partial charge in [-0.3, -0.25) is 4.99 Å².